The molecule has 1 N–H and O–H groups in total. The van der Waals surface area contributed by atoms with Gasteiger partial charge in [0.1, 0.15) is 11.7 Å². The summed E-state index contributed by atoms with van der Waals surface area (Å²) < 4.78 is 0. The fourth-order valence-electron chi connectivity index (χ4n) is 1.76. The van der Waals surface area contributed by atoms with Crippen LogP contribution in [-0.4, -0.2) is 10.9 Å². The molecule has 2 aromatic rings. The molecule has 19 heavy (non-hydrogen) atoms. The molecule has 1 atom stereocenters. The number of nitriles is 1. The van der Waals surface area contributed by atoms with Crippen molar-refractivity contribution < 1.29 is 4.79 Å². The Morgan fingerprint density at radius 3 is 2.74 bits per heavy atom. The molecule has 0 fully saturated rings. The monoisotopic (exact) mass is 271 g/mol. The Bertz CT molecular complexity index is 642. The third-order valence-electron chi connectivity index (χ3n) is 2.76. The molecule has 0 saturated carbocycles. The van der Waals surface area contributed by atoms with Crippen LogP contribution in [0.3, 0.4) is 0 Å². The van der Waals surface area contributed by atoms with E-state index in [-0.39, 0.29) is 5.91 Å². The van der Waals surface area contributed by atoms with E-state index in [1.54, 1.807) is 5.38 Å². The van der Waals surface area contributed by atoms with E-state index in [1.807, 2.05) is 38.1 Å². The quantitative estimate of drug-likeness (QED) is 0.933. The molecule has 0 aliphatic heterocycles. The summed E-state index contributed by atoms with van der Waals surface area (Å²) in [6.07, 6.45) is 0. The van der Waals surface area contributed by atoms with E-state index in [9.17, 15) is 10.1 Å². The van der Waals surface area contributed by atoms with Crippen molar-refractivity contribution in [1.29, 1.82) is 5.26 Å². The number of benzene rings is 1. The number of aryl methyl sites for hydroxylation is 2. The van der Waals surface area contributed by atoms with Gasteiger partial charge in [-0.2, -0.15) is 5.26 Å². The molecule has 1 heterocycles. The van der Waals surface area contributed by atoms with E-state index in [0.29, 0.717) is 5.69 Å². The van der Waals surface area contributed by atoms with Gasteiger partial charge in [0, 0.05) is 5.38 Å². The molecule has 4 nitrogen and oxygen atoms in total. The van der Waals surface area contributed by atoms with Crippen molar-refractivity contribution in [3.63, 3.8) is 0 Å². The SMILES string of the molecule is Cc1nc(C(=O)N[C@H](C#N)c2ccccc2C)cs1. The predicted octanol–water partition coefficient (Wildman–Crippen LogP) is 2.75. The number of nitrogens with one attached hydrogen (secondary N) is 1. The van der Waals surface area contributed by atoms with E-state index < -0.39 is 6.04 Å². The highest BCUT2D eigenvalue weighted by molar-refractivity contribution is 7.09. The van der Waals surface area contributed by atoms with Gasteiger partial charge in [-0.25, -0.2) is 4.98 Å². The molecule has 0 unspecified atom stereocenters. The van der Waals surface area contributed by atoms with Crippen LogP contribution >= 0.6 is 11.3 Å². The smallest absolute Gasteiger partial charge is 0.272 e. The zero-order valence-electron chi connectivity index (χ0n) is 10.7. The number of hydrogen-bond acceptors (Lipinski definition) is 4. The third-order valence-corrected chi connectivity index (χ3v) is 3.53. The molecule has 0 aliphatic rings. The first-order valence-electron chi connectivity index (χ1n) is 5.80. The van der Waals surface area contributed by atoms with Gasteiger partial charge in [-0.05, 0) is 25.0 Å². The summed E-state index contributed by atoms with van der Waals surface area (Å²) >= 11 is 1.41. The van der Waals surface area contributed by atoms with Crippen molar-refractivity contribution in [1.82, 2.24) is 10.3 Å². The van der Waals surface area contributed by atoms with E-state index in [2.05, 4.69) is 16.4 Å². The van der Waals surface area contributed by atoms with E-state index in [4.69, 9.17) is 0 Å². The van der Waals surface area contributed by atoms with E-state index >= 15 is 0 Å². The molecule has 1 amide bonds. The normalized spacial score (nSPS) is 11.6. The van der Waals surface area contributed by atoms with Gasteiger partial charge >= 0.3 is 0 Å². The lowest BCUT2D eigenvalue weighted by molar-refractivity contribution is 0.0940. The van der Waals surface area contributed by atoms with Crippen LogP contribution in [0, 0.1) is 25.2 Å². The number of amides is 1. The average Bonchev–Trinajstić information content (AvgIpc) is 2.83. The summed E-state index contributed by atoms with van der Waals surface area (Å²) in [5, 5.41) is 14.4. The Balaban J connectivity index is 2.19. The fraction of sp³-hybridized carbons (Fsp3) is 0.214. The van der Waals surface area contributed by atoms with Gasteiger partial charge in [-0.15, -0.1) is 11.3 Å². The van der Waals surface area contributed by atoms with Crippen molar-refractivity contribution in [3.8, 4) is 6.07 Å². The number of rotatable bonds is 3. The number of hydrogen-bond donors (Lipinski definition) is 1. The standard InChI is InChI=1S/C14H13N3OS/c1-9-5-3-4-6-11(9)12(7-15)17-14(18)13-8-19-10(2)16-13/h3-6,8,12H,1-2H3,(H,17,18)/t12-/m1/s1. The van der Waals surface area contributed by atoms with Crippen LogP contribution in [0.2, 0.25) is 0 Å². The Kier molecular flexibility index (Phi) is 3.93. The molecule has 5 heteroatoms. The van der Waals surface area contributed by atoms with Crippen LogP contribution in [-0.2, 0) is 0 Å². The van der Waals surface area contributed by atoms with Gasteiger partial charge in [-0.3, -0.25) is 4.79 Å². The average molecular weight is 271 g/mol. The van der Waals surface area contributed by atoms with Crippen molar-refractivity contribution in [2.75, 3.05) is 0 Å². The van der Waals surface area contributed by atoms with Crippen LogP contribution in [0.5, 0.6) is 0 Å². The number of thiazole rings is 1. The largest absolute Gasteiger partial charge is 0.331 e. The second-order valence-electron chi connectivity index (χ2n) is 4.14. The molecule has 2 rings (SSSR count). The highest BCUT2D eigenvalue weighted by Crippen LogP contribution is 2.17. The molecule has 0 saturated heterocycles. The Morgan fingerprint density at radius 2 is 2.16 bits per heavy atom. The lowest BCUT2D eigenvalue weighted by atomic mass is 10.0. The fourth-order valence-corrected chi connectivity index (χ4v) is 2.36. The van der Waals surface area contributed by atoms with Gasteiger partial charge in [0.25, 0.3) is 5.91 Å². The maximum absolute atomic E-state index is 12.0. The molecule has 0 radical (unpaired) electrons. The number of carbonyl (C=O) groups is 1. The highest BCUT2D eigenvalue weighted by atomic mass is 32.1. The molecule has 0 spiro atoms. The van der Waals surface area contributed by atoms with Gasteiger partial charge in [0.05, 0.1) is 11.1 Å². The molecule has 1 aromatic carbocycles. The van der Waals surface area contributed by atoms with Crippen LogP contribution in [0.25, 0.3) is 0 Å². The van der Waals surface area contributed by atoms with Gasteiger partial charge in [-0.1, -0.05) is 24.3 Å². The van der Waals surface area contributed by atoms with Gasteiger partial charge in [0.2, 0.25) is 0 Å². The summed E-state index contributed by atoms with van der Waals surface area (Å²) in [5.74, 6) is -0.320. The Hall–Kier alpha value is -2.19. The Labute approximate surface area is 115 Å². The molecule has 0 aliphatic carbocycles. The number of nitrogens with zero attached hydrogens (tertiary/aromatic N) is 2. The molecular weight excluding hydrogens is 258 g/mol. The molecule has 0 bridgehead atoms. The maximum Gasteiger partial charge on any atom is 0.272 e. The second kappa shape index (κ2) is 5.63. The molecule has 1 aromatic heterocycles. The first-order chi connectivity index (χ1) is 9.11. The van der Waals surface area contributed by atoms with Gasteiger partial charge in [0.15, 0.2) is 0 Å². The minimum absolute atomic E-state index is 0.320. The summed E-state index contributed by atoms with van der Waals surface area (Å²) in [7, 11) is 0. The van der Waals surface area contributed by atoms with Crippen LogP contribution < -0.4 is 5.32 Å². The van der Waals surface area contributed by atoms with E-state index in [1.165, 1.54) is 11.3 Å². The van der Waals surface area contributed by atoms with Crippen molar-refractivity contribution in [2.24, 2.45) is 0 Å². The first kappa shape index (κ1) is 13.2. The van der Waals surface area contributed by atoms with Crippen LogP contribution in [0.1, 0.15) is 32.7 Å². The van der Waals surface area contributed by atoms with Crippen LogP contribution in [0.15, 0.2) is 29.6 Å². The number of carbonyl (C=O) groups excluding carboxylic acids is 1. The van der Waals surface area contributed by atoms with E-state index in [0.717, 1.165) is 16.1 Å². The topological polar surface area (TPSA) is 65.8 Å². The van der Waals surface area contributed by atoms with Crippen molar-refractivity contribution in [3.05, 3.63) is 51.5 Å². The summed E-state index contributed by atoms with van der Waals surface area (Å²) in [6, 6.07) is 8.97. The second-order valence-corrected chi connectivity index (χ2v) is 5.21. The lowest BCUT2D eigenvalue weighted by Gasteiger charge is -2.13. The van der Waals surface area contributed by atoms with Crippen LogP contribution in [0.4, 0.5) is 0 Å². The third kappa shape index (κ3) is 2.98. The summed E-state index contributed by atoms with van der Waals surface area (Å²) in [5.41, 5.74) is 2.14. The Morgan fingerprint density at radius 1 is 1.42 bits per heavy atom. The van der Waals surface area contributed by atoms with Gasteiger partial charge < -0.3 is 5.32 Å². The van der Waals surface area contributed by atoms with Crippen molar-refractivity contribution >= 4 is 17.2 Å². The predicted molar refractivity (Wildman–Crippen MR) is 73.9 cm³/mol. The molecular formula is C14H13N3OS. The minimum Gasteiger partial charge on any atom is -0.331 e. The summed E-state index contributed by atoms with van der Waals surface area (Å²) in [6.45, 7) is 3.75. The highest BCUT2D eigenvalue weighted by Gasteiger charge is 2.18. The number of aromatic nitrogens is 1. The minimum atomic E-state index is -0.657. The maximum atomic E-state index is 12.0. The first-order valence-corrected chi connectivity index (χ1v) is 6.68. The zero-order chi connectivity index (χ0) is 13.8. The zero-order valence-corrected chi connectivity index (χ0v) is 11.5. The summed E-state index contributed by atoms with van der Waals surface area (Å²) in [4.78, 5) is 16.1. The van der Waals surface area contributed by atoms with Crippen molar-refractivity contribution in [2.45, 2.75) is 19.9 Å². The lowest BCUT2D eigenvalue weighted by Crippen LogP contribution is -2.28. The molecule has 96 valence electrons.